The summed E-state index contributed by atoms with van der Waals surface area (Å²) in [6, 6.07) is 34.6. The number of benzene rings is 4. The van der Waals surface area contributed by atoms with Gasteiger partial charge < -0.3 is 47.2 Å². The molecule has 15 nitrogen and oxygen atoms in total. The highest BCUT2D eigenvalue weighted by Crippen LogP contribution is 2.16. The second kappa shape index (κ2) is 19.4. The van der Waals surface area contributed by atoms with Crippen molar-refractivity contribution >= 4 is 36.4 Å². The number of carbonyl (C=O) groups excluding carboxylic acids is 3. The highest BCUT2D eigenvalue weighted by molar-refractivity contribution is 6.05. The lowest BCUT2D eigenvalue weighted by atomic mass is 10.0. The fraction of sp³-hybridized carbons (Fsp3) is 0.286. The van der Waals surface area contributed by atoms with Gasteiger partial charge in [0.25, 0.3) is 17.7 Å². The van der Waals surface area contributed by atoms with Gasteiger partial charge in [-0.2, -0.15) is 0 Å². The SMILES string of the molecule is O=C(NC1C=[N+](CCCc2ccccc2)[N-]O1)c1cc(C(=O)NC2C=[N+](CCCc3ccccc3)[N-]O2)cc(C(=O)NC2C=[N+](CCCc3ccccc3)[N-]O2)c1. The minimum Gasteiger partial charge on any atom is -0.376 e. The third-order valence-electron chi connectivity index (χ3n) is 9.35. The van der Waals surface area contributed by atoms with Crippen LogP contribution in [0, 0.1) is 0 Å². The normalized spacial score (nSPS) is 18.3. The average Bonchev–Trinajstić information content (AvgIpc) is 4.01. The van der Waals surface area contributed by atoms with Gasteiger partial charge in [-0.05, 0) is 54.2 Å². The average molecular weight is 772 g/mol. The highest BCUT2D eigenvalue weighted by atomic mass is 16.7. The lowest BCUT2D eigenvalue weighted by molar-refractivity contribution is -0.492. The third-order valence-corrected chi connectivity index (χ3v) is 9.35. The minimum atomic E-state index is -0.851. The van der Waals surface area contributed by atoms with Crippen molar-refractivity contribution in [3.63, 3.8) is 0 Å². The van der Waals surface area contributed by atoms with Gasteiger partial charge in [-0.25, -0.2) is 0 Å². The molecular weight excluding hydrogens is 727 g/mol. The third kappa shape index (κ3) is 11.5. The first kappa shape index (κ1) is 38.8. The van der Waals surface area contributed by atoms with Gasteiger partial charge in [-0.1, -0.05) is 91.0 Å². The number of aryl methyl sites for hydroxylation is 3. The maximum absolute atomic E-state index is 13.6. The van der Waals surface area contributed by atoms with E-state index in [0.717, 1.165) is 38.5 Å². The van der Waals surface area contributed by atoms with Gasteiger partial charge in [0.1, 0.15) is 19.6 Å². The molecule has 3 unspecified atom stereocenters. The van der Waals surface area contributed by atoms with Crippen molar-refractivity contribution in [3.05, 3.63) is 159 Å². The molecule has 3 heterocycles. The van der Waals surface area contributed by atoms with Crippen LogP contribution in [0.25, 0.3) is 16.8 Å². The van der Waals surface area contributed by atoms with Crippen molar-refractivity contribution in [2.75, 3.05) is 19.6 Å². The topological polar surface area (TPSA) is 166 Å². The summed E-state index contributed by atoms with van der Waals surface area (Å²) in [5, 5.41) is 8.30. The first-order valence-corrected chi connectivity index (χ1v) is 19.1. The van der Waals surface area contributed by atoms with Crippen LogP contribution in [0.5, 0.6) is 0 Å². The predicted octanol–water partition coefficient (Wildman–Crippen LogP) is 4.70. The van der Waals surface area contributed by atoms with E-state index in [9.17, 15) is 14.4 Å². The lowest BCUT2D eigenvalue weighted by Crippen LogP contribution is -2.38. The molecule has 4 aromatic carbocycles. The summed E-state index contributed by atoms with van der Waals surface area (Å²) in [5.41, 5.74) is 16.0. The molecule has 3 aliphatic heterocycles. The molecule has 3 amide bonds. The van der Waals surface area contributed by atoms with E-state index in [4.69, 9.17) is 14.5 Å². The zero-order valence-corrected chi connectivity index (χ0v) is 31.4. The van der Waals surface area contributed by atoms with Crippen molar-refractivity contribution in [2.45, 2.75) is 57.2 Å². The summed E-state index contributed by atoms with van der Waals surface area (Å²) in [4.78, 5) is 57.1. The fourth-order valence-electron chi connectivity index (χ4n) is 6.43. The van der Waals surface area contributed by atoms with Gasteiger partial charge >= 0.3 is 0 Å². The number of hydrogen-bond donors (Lipinski definition) is 3. The maximum atomic E-state index is 13.6. The van der Waals surface area contributed by atoms with E-state index in [1.807, 2.05) is 54.6 Å². The predicted molar refractivity (Wildman–Crippen MR) is 211 cm³/mol. The van der Waals surface area contributed by atoms with Crippen LogP contribution < -0.4 is 16.0 Å². The van der Waals surface area contributed by atoms with Crippen LogP contribution in [0.1, 0.15) is 67.0 Å². The first-order chi connectivity index (χ1) is 27.9. The van der Waals surface area contributed by atoms with Crippen LogP contribution in [-0.2, 0) is 33.8 Å². The maximum Gasteiger partial charge on any atom is 0.253 e. The van der Waals surface area contributed by atoms with Crippen molar-refractivity contribution < 1.29 is 42.9 Å². The summed E-state index contributed by atoms with van der Waals surface area (Å²) >= 11 is 0. The standard InChI is InChI=1S/C42H45N9O6/c52-40(43-37-28-49(46-55-37)22-10-19-31-13-4-1-5-14-31)34-25-35(41(53)44-38-29-50(47-56-38)23-11-20-32-15-6-2-7-16-32)27-36(26-34)42(54)45-39-30-51(48-57-39)24-12-21-33-17-8-3-9-18-33/h1-9,13-18,25-30,37-39H,10-12,19-24H2,(H,43,52)(H,44,53)(H,45,54). The van der Waals surface area contributed by atoms with Gasteiger partial charge in [0.15, 0.2) is 37.3 Å². The van der Waals surface area contributed by atoms with Crippen molar-refractivity contribution in [2.24, 2.45) is 0 Å². The molecule has 0 saturated carbocycles. The van der Waals surface area contributed by atoms with Crippen LogP contribution in [0.15, 0.2) is 109 Å². The number of amides is 3. The number of nitrogens with one attached hydrogen (secondary N) is 3. The Morgan fingerprint density at radius 2 is 0.737 bits per heavy atom. The van der Waals surface area contributed by atoms with E-state index in [1.165, 1.54) is 34.9 Å². The van der Waals surface area contributed by atoms with Gasteiger partial charge in [-0.15, -0.1) is 0 Å². The van der Waals surface area contributed by atoms with E-state index >= 15 is 0 Å². The van der Waals surface area contributed by atoms with Crippen LogP contribution in [0.2, 0.25) is 0 Å². The molecule has 15 heteroatoms. The smallest absolute Gasteiger partial charge is 0.253 e. The second-order valence-electron chi connectivity index (χ2n) is 13.7. The molecule has 0 saturated heterocycles. The summed E-state index contributed by atoms with van der Waals surface area (Å²) in [5.74, 6) is -1.73. The number of carbonyl (C=O) groups is 3. The van der Waals surface area contributed by atoms with Gasteiger partial charge in [-0.3, -0.25) is 28.4 Å². The molecule has 0 spiro atoms. The van der Waals surface area contributed by atoms with E-state index in [2.05, 4.69) is 69.1 Å². The fourth-order valence-corrected chi connectivity index (χ4v) is 6.43. The van der Waals surface area contributed by atoms with Crippen LogP contribution >= 0.6 is 0 Å². The Balaban J connectivity index is 0.989. The molecule has 7 rings (SSSR count). The zero-order chi connectivity index (χ0) is 39.2. The monoisotopic (exact) mass is 771 g/mol. The Kier molecular flexibility index (Phi) is 13.2. The first-order valence-electron chi connectivity index (χ1n) is 19.1. The summed E-state index contributed by atoms with van der Waals surface area (Å²) in [7, 11) is 0. The van der Waals surface area contributed by atoms with E-state index in [1.54, 1.807) is 32.7 Å². The van der Waals surface area contributed by atoms with Gasteiger partial charge in [0, 0.05) is 36.0 Å². The molecule has 0 aliphatic carbocycles. The quantitative estimate of drug-likeness (QED) is 0.124. The summed E-state index contributed by atoms with van der Waals surface area (Å²) in [6.45, 7) is 1.78. The molecule has 0 bridgehead atoms. The van der Waals surface area contributed by atoms with Crippen molar-refractivity contribution in [3.8, 4) is 0 Å². The largest absolute Gasteiger partial charge is 0.376 e. The molecule has 0 fully saturated rings. The molecular formula is C42H45N9O6. The zero-order valence-electron chi connectivity index (χ0n) is 31.4. The van der Waals surface area contributed by atoms with E-state index in [0.29, 0.717) is 19.6 Å². The summed E-state index contributed by atoms with van der Waals surface area (Å²) < 4.78 is 4.91. The Hall–Kier alpha value is -6.42. The van der Waals surface area contributed by atoms with Crippen molar-refractivity contribution in [1.82, 2.24) is 16.0 Å². The van der Waals surface area contributed by atoms with Crippen LogP contribution in [0.4, 0.5) is 0 Å². The lowest BCUT2D eigenvalue weighted by Gasteiger charge is -2.16. The van der Waals surface area contributed by atoms with Gasteiger partial charge in [0.05, 0.1) is 0 Å². The second-order valence-corrected chi connectivity index (χ2v) is 13.7. The number of rotatable bonds is 18. The molecule has 3 aliphatic rings. The summed E-state index contributed by atoms with van der Waals surface area (Å²) in [6.07, 6.45) is 7.51. The molecule has 3 atom stereocenters. The van der Waals surface area contributed by atoms with Gasteiger partial charge in [0.2, 0.25) is 0 Å². The number of nitrogens with zero attached hydrogens (tertiary/aromatic N) is 6. The Bertz CT molecular complexity index is 1850. The Morgan fingerprint density at radius 1 is 0.456 bits per heavy atom. The molecule has 4 aromatic rings. The molecule has 0 aromatic heterocycles. The Morgan fingerprint density at radius 3 is 1.02 bits per heavy atom. The Labute approximate surface area is 330 Å². The molecule has 3 N–H and O–H groups in total. The van der Waals surface area contributed by atoms with Crippen molar-refractivity contribution in [1.29, 1.82) is 0 Å². The molecule has 294 valence electrons. The highest BCUT2D eigenvalue weighted by Gasteiger charge is 2.25. The molecule has 0 radical (unpaired) electrons. The van der Waals surface area contributed by atoms with E-state index < -0.39 is 36.4 Å². The van der Waals surface area contributed by atoms with E-state index in [-0.39, 0.29) is 16.7 Å². The molecule has 57 heavy (non-hydrogen) atoms. The van der Waals surface area contributed by atoms with Crippen LogP contribution in [0.3, 0.4) is 0 Å². The number of hydrogen-bond acceptors (Lipinski definition) is 6. The van der Waals surface area contributed by atoms with Crippen LogP contribution in [-0.4, -0.2) is 88.7 Å². The minimum absolute atomic E-state index is 0.0550.